The summed E-state index contributed by atoms with van der Waals surface area (Å²) in [5, 5.41) is 0. The van der Waals surface area contributed by atoms with E-state index in [9.17, 15) is 0 Å². The third-order valence-electron chi connectivity index (χ3n) is 2.34. The first-order chi connectivity index (χ1) is 5.29. The van der Waals surface area contributed by atoms with Gasteiger partial charge in [0.1, 0.15) is 0 Å². The normalized spacial score (nSPS) is 23.2. The lowest BCUT2D eigenvalue weighted by molar-refractivity contribution is 0.0279. The molecule has 0 heterocycles. The highest BCUT2D eigenvalue weighted by atomic mass is 16.5. The number of rotatable bonds is 5. The molecule has 2 nitrogen and oxygen atoms in total. The summed E-state index contributed by atoms with van der Waals surface area (Å²) in [7, 11) is 0. The summed E-state index contributed by atoms with van der Waals surface area (Å²) < 4.78 is 5.59. The van der Waals surface area contributed by atoms with Gasteiger partial charge >= 0.3 is 0 Å². The van der Waals surface area contributed by atoms with Gasteiger partial charge in [0.15, 0.2) is 0 Å². The van der Waals surface area contributed by atoms with Gasteiger partial charge in [-0.05, 0) is 32.1 Å². The first kappa shape index (κ1) is 9.01. The van der Waals surface area contributed by atoms with Crippen molar-refractivity contribution in [1.29, 1.82) is 0 Å². The molecule has 2 heteroatoms. The fourth-order valence-electron chi connectivity index (χ4n) is 1.46. The molecule has 0 aliphatic heterocycles. The second-order valence-corrected chi connectivity index (χ2v) is 3.33. The minimum absolute atomic E-state index is 0.252. The maximum absolute atomic E-state index is 5.92. The Hall–Kier alpha value is -0.0800. The van der Waals surface area contributed by atoms with Gasteiger partial charge in [-0.2, -0.15) is 0 Å². The van der Waals surface area contributed by atoms with Crippen LogP contribution in [0, 0.1) is 5.92 Å². The average Bonchev–Trinajstić information content (AvgIpc) is 2.81. The third kappa shape index (κ3) is 2.46. The van der Waals surface area contributed by atoms with Crippen LogP contribution in [0.4, 0.5) is 0 Å². The van der Waals surface area contributed by atoms with Crippen LogP contribution in [-0.2, 0) is 4.74 Å². The summed E-state index contributed by atoms with van der Waals surface area (Å²) in [6.07, 6.45) is 4.00. The molecule has 1 saturated carbocycles. The van der Waals surface area contributed by atoms with Crippen LogP contribution < -0.4 is 5.73 Å². The lowest BCUT2D eigenvalue weighted by atomic mass is 10.1. The Kier molecular flexibility index (Phi) is 3.34. The Morgan fingerprint density at radius 2 is 2.09 bits per heavy atom. The SMILES string of the molecule is CCOC(C(N)CC)C1CC1. The van der Waals surface area contributed by atoms with Gasteiger partial charge in [-0.1, -0.05) is 6.92 Å². The topological polar surface area (TPSA) is 35.2 Å². The highest BCUT2D eigenvalue weighted by molar-refractivity contribution is 4.88. The van der Waals surface area contributed by atoms with Crippen LogP contribution in [0.1, 0.15) is 33.1 Å². The summed E-state index contributed by atoms with van der Waals surface area (Å²) in [4.78, 5) is 0. The molecule has 0 aromatic carbocycles. The van der Waals surface area contributed by atoms with Crippen LogP contribution in [-0.4, -0.2) is 18.8 Å². The second-order valence-electron chi connectivity index (χ2n) is 3.33. The molecule has 0 saturated heterocycles. The predicted molar refractivity (Wildman–Crippen MR) is 46.4 cm³/mol. The summed E-state index contributed by atoms with van der Waals surface area (Å²) >= 11 is 0. The third-order valence-corrected chi connectivity index (χ3v) is 2.34. The molecule has 2 N–H and O–H groups in total. The van der Waals surface area contributed by atoms with E-state index in [1.54, 1.807) is 0 Å². The van der Waals surface area contributed by atoms with Crippen molar-refractivity contribution in [3.63, 3.8) is 0 Å². The molecule has 1 rings (SSSR count). The maximum Gasteiger partial charge on any atom is 0.0753 e. The zero-order chi connectivity index (χ0) is 8.27. The van der Waals surface area contributed by atoms with Gasteiger partial charge in [0.05, 0.1) is 6.10 Å². The highest BCUT2D eigenvalue weighted by Crippen LogP contribution is 2.35. The van der Waals surface area contributed by atoms with Gasteiger partial charge in [-0.3, -0.25) is 0 Å². The summed E-state index contributed by atoms with van der Waals surface area (Å²) in [6.45, 7) is 4.96. The quantitative estimate of drug-likeness (QED) is 0.657. The van der Waals surface area contributed by atoms with E-state index in [-0.39, 0.29) is 6.04 Å². The van der Waals surface area contributed by atoms with Crippen molar-refractivity contribution in [2.24, 2.45) is 11.7 Å². The van der Waals surface area contributed by atoms with Crippen molar-refractivity contribution < 1.29 is 4.74 Å². The summed E-state index contributed by atoms with van der Waals surface area (Å²) in [5.74, 6) is 0.768. The lowest BCUT2D eigenvalue weighted by Crippen LogP contribution is -2.37. The molecule has 1 aliphatic carbocycles. The minimum atomic E-state index is 0.252. The number of hydrogen-bond acceptors (Lipinski definition) is 2. The van der Waals surface area contributed by atoms with E-state index in [4.69, 9.17) is 10.5 Å². The van der Waals surface area contributed by atoms with Crippen LogP contribution in [0.2, 0.25) is 0 Å². The second kappa shape index (κ2) is 4.07. The van der Waals surface area contributed by atoms with Crippen LogP contribution in [0.5, 0.6) is 0 Å². The van der Waals surface area contributed by atoms with E-state index in [0.29, 0.717) is 6.10 Å². The molecule has 11 heavy (non-hydrogen) atoms. The standard InChI is InChI=1S/C9H19NO/c1-3-8(10)9(11-4-2)7-5-6-7/h7-9H,3-6,10H2,1-2H3. The molecule has 0 aromatic heterocycles. The van der Waals surface area contributed by atoms with Crippen molar-refractivity contribution in [2.45, 2.75) is 45.3 Å². The van der Waals surface area contributed by atoms with Crippen LogP contribution >= 0.6 is 0 Å². The predicted octanol–water partition coefficient (Wildman–Crippen LogP) is 1.54. The monoisotopic (exact) mass is 157 g/mol. The van der Waals surface area contributed by atoms with Crippen molar-refractivity contribution in [3.8, 4) is 0 Å². The average molecular weight is 157 g/mol. The maximum atomic E-state index is 5.92. The van der Waals surface area contributed by atoms with Crippen LogP contribution in [0.15, 0.2) is 0 Å². The molecule has 66 valence electrons. The molecule has 0 amide bonds. The first-order valence-corrected chi connectivity index (χ1v) is 4.66. The first-order valence-electron chi connectivity index (χ1n) is 4.66. The lowest BCUT2D eigenvalue weighted by Gasteiger charge is -2.22. The molecular formula is C9H19NO. The highest BCUT2D eigenvalue weighted by Gasteiger charge is 2.34. The van der Waals surface area contributed by atoms with Crippen molar-refractivity contribution in [1.82, 2.24) is 0 Å². The Labute approximate surface area is 69.1 Å². The van der Waals surface area contributed by atoms with Gasteiger partial charge < -0.3 is 10.5 Å². The molecule has 0 spiro atoms. The van der Waals surface area contributed by atoms with Gasteiger partial charge in [0.25, 0.3) is 0 Å². The fraction of sp³-hybridized carbons (Fsp3) is 1.00. The summed E-state index contributed by atoms with van der Waals surface area (Å²) in [5.41, 5.74) is 5.92. The van der Waals surface area contributed by atoms with Crippen LogP contribution in [0.25, 0.3) is 0 Å². The van der Waals surface area contributed by atoms with E-state index in [1.165, 1.54) is 12.8 Å². The van der Waals surface area contributed by atoms with E-state index < -0.39 is 0 Å². The smallest absolute Gasteiger partial charge is 0.0753 e. The van der Waals surface area contributed by atoms with E-state index in [2.05, 4.69) is 6.92 Å². The molecule has 0 bridgehead atoms. The zero-order valence-electron chi connectivity index (χ0n) is 7.55. The van der Waals surface area contributed by atoms with E-state index in [0.717, 1.165) is 18.9 Å². The molecule has 1 fully saturated rings. The number of hydrogen-bond donors (Lipinski definition) is 1. The van der Waals surface area contributed by atoms with Crippen molar-refractivity contribution in [2.75, 3.05) is 6.61 Å². The Bertz CT molecular complexity index is 112. The Morgan fingerprint density at radius 1 is 1.45 bits per heavy atom. The van der Waals surface area contributed by atoms with Crippen molar-refractivity contribution >= 4 is 0 Å². The molecule has 1 aliphatic rings. The fourth-order valence-corrected chi connectivity index (χ4v) is 1.46. The summed E-state index contributed by atoms with van der Waals surface area (Å²) in [6, 6.07) is 0.252. The molecule has 0 radical (unpaired) electrons. The Morgan fingerprint density at radius 3 is 2.45 bits per heavy atom. The van der Waals surface area contributed by atoms with E-state index >= 15 is 0 Å². The molecule has 2 atom stereocenters. The Balaban J connectivity index is 2.30. The number of nitrogens with two attached hydrogens (primary N) is 1. The zero-order valence-corrected chi connectivity index (χ0v) is 7.55. The molecule has 2 unspecified atom stereocenters. The minimum Gasteiger partial charge on any atom is -0.377 e. The number of ether oxygens (including phenoxy) is 1. The largest absolute Gasteiger partial charge is 0.377 e. The molecule has 0 aromatic rings. The van der Waals surface area contributed by atoms with Crippen LogP contribution in [0.3, 0.4) is 0 Å². The van der Waals surface area contributed by atoms with Gasteiger partial charge in [0, 0.05) is 12.6 Å². The van der Waals surface area contributed by atoms with Crippen molar-refractivity contribution in [3.05, 3.63) is 0 Å². The van der Waals surface area contributed by atoms with Gasteiger partial charge in [-0.15, -0.1) is 0 Å². The van der Waals surface area contributed by atoms with Gasteiger partial charge in [-0.25, -0.2) is 0 Å². The van der Waals surface area contributed by atoms with Gasteiger partial charge in [0.2, 0.25) is 0 Å². The van der Waals surface area contributed by atoms with E-state index in [1.807, 2.05) is 6.92 Å². The molecular weight excluding hydrogens is 138 g/mol.